The molecular weight excluding hydrogens is 348 g/mol. The van der Waals surface area contributed by atoms with Gasteiger partial charge in [-0.15, -0.1) is 0 Å². The van der Waals surface area contributed by atoms with E-state index in [-0.39, 0.29) is 6.04 Å². The van der Waals surface area contributed by atoms with Crippen LogP contribution >= 0.6 is 15.9 Å². The number of carbonyl (C=O) groups is 1. The van der Waals surface area contributed by atoms with Crippen LogP contribution in [-0.4, -0.2) is 31.4 Å². The molecule has 124 valence electrons. The van der Waals surface area contributed by atoms with Gasteiger partial charge in [0, 0.05) is 19.1 Å². The Hall–Kier alpha value is -1.27. The number of ether oxygens (including phenoxy) is 2. The minimum atomic E-state index is -0.476. The molecule has 1 atom stereocenters. The average Bonchev–Trinajstić information content (AvgIpc) is 2.41. The van der Waals surface area contributed by atoms with Crippen molar-refractivity contribution in [3.8, 4) is 5.75 Å². The molecule has 0 heterocycles. The minimum absolute atomic E-state index is 0.133. The first-order valence-corrected chi connectivity index (χ1v) is 8.03. The van der Waals surface area contributed by atoms with Gasteiger partial charge < -0.3 is 20.1 Å². The molecule has 1 aromatic rings. The molecule has 0 aromatic heterocycles. The minimum Gasteiger partial charge on any atom is -0.496 e. The molecule has 5 nitrogen and oxygen atoms in total. The summed E-state index contributed by atoms with van der Waals surface area (Å²) in [6, 6.07) is 6.07. The van der Waals surface area contributed by atoms with Gasteiger partial charge in [-0.2, -0.15) is 0 Å². The Morgan fingerprint density at radius 2 is 2.05 bits per heavy atom. The van der Waals surface area contributed by atoms with Gasteiger partial charge in [0.1, 0.15) is 11.4 Å². The number of hydrogen-bond acceptors (Lipinski definition) is 4. The van der Waals surface area contributed by atoms with Crippen LogP contribution in [0.15, 0.2) is 22.7 Å². The Morgan fingerprint density at radius 1 is 1.36 bits per heavy atom. The molecule has 0 spiro atoms. The third-order valence-corrected chi connectivity index (χ3v) is 3.44. The number of methoxy groups -OCH3 is 1. The SMILES string of the molecule is COc1ccc(CNC(C)CNC(=O)OC(C)(C)C)cc1Br. The highest BCUT2D eigenvalue weighted by Gasteiger charge is 2.16. The van der Waals surface area contributed by atoms with Crippen LogP contribution in [0.5, 0.6) is 5.75 Å². The van der Waals surface area contributed by atoms with Crippen LogP contribution in [0, 0.1) is 0 Å². The smallest absolute Gasteiger partial charge is 0.407 e. The molecule has 1 rings (SSSR count). The Bertz CT molecular complexity index is 501. The summed E-state index contributed by atoms with van der Waals surface area (Å²) in [5, 5.41) is 6.10. The number of benzene rings is 1. The molecule has 0 aliphatic heterocycles. The summed E-state index contributed by atoms with van der Waals surface area (Å²) < 4.78 is 11.3. The highest BCUT2D eigenvalue weighted by atomic mass is 79.9. The van der Waals surface area contributed by atoms with E-state index in [1.54, 1.807) is 7.11 Å². The van der Waals surface area contributed by atoms with Crippen molar-refractivity contribution in [3.63, 3.8) is 0 Å². The first kappa shape index (κ1) is 18.8. The van der Waals surface area contributed by atoms with Gasteiger partial charge in [-0.3, -0.25) is 0 Å². The van der Waals surface area contributed by atoms with E-state index in [4.69, 9.17) is 9.47 Å². The quantitative estimate of drug-likeness (QED) is 0.802. The standard InChI is InChI=1S/C16H25BrN2O3/c1-11(9-19-15(20)22-16(2,3)4)18-10-12-6-7-14(21-5)13(17)8-12/h6-8,11,18H,9-10H2,1-5H3,(H,19,20). The molecule has 1 unspecified atom stereocenters. The molecular formula is C16H25BrN2O3. The van der Waals surface area contributed by atoms with Crippen molar-refractivity contribution >= 4 is 22.0 Å². The molecule has 1 aromatic carbocycles. The molecule has 0 aliphatic carbocycles. The van der Waals surface area contributed by atoms with E-state index >= 15 is 0 Å². The van der Waals surface area contributed by atoms with Gasteiger partial charge in [0.05, 0.1) is 11.6 Å². The van der Waals surface area contributed by atoms with E-state index in [1.807, 2.05) is 45.9 Å². The summed E-state index contributed by atoms with van der Waals surface area (Å²) in [6.07, 6.45) is -0.395. The largest absolute Gasteiger partial charge is 0.496 e. The van der Waals surface area contributed by atoms with Gasteiger partial charge in [-0.25, -0.2) is 4.79 Å². The molecule has 6 heteroatoms. The number of nitrogens with one attached hydrogen (secondary N) is 2. The highest BCUT2D eigenvalue weighted by molar-refractivity contribution is 9.10. The molecule has 0 fully saturated rings. The van der Waals surface area contributed by atoms with Crippen molar-refractivity contribution in [2.24, 2.45) is 0 Å². The molecule has 0 saturated carbocycles. The third kappa shape index (κ3) is 7.13. The molecule has 22 heavy (non-hydrogen) atoms. The number of rotatable bonds is 6. The fourth-order valence-electron chi connectivity index (χ4n) is 1.73. The van der Waals surface area contributed by atoms with Gasteiger partial charge in [0.2, 0.25) is 0 Å². The zero-order valence-electron chi connectivity index (χ0n) is 13.8. The van der Waals surface area contributed by atoms with Gasteiger partial charge in [0.15, 0.2) is 0 Å². The zero-order valence-corrected chi connectivity index (χ0v) is 15.4. The number of halogens is 1. The van der Waals surface area contributed by atoms with Crippen molar-refractivity contribution in [2.45, 2.75) is 45.9 Å². The summed E-state index contributed by atoms with van der Waals surface area (Å²) >= 11 is 3.47. The maximum Gasteiger partial charge on any atom is 0.407 e. The molecule has 0 bridgehead atoms. The van der Waals surface area contributed by atoms with Crippen molar-refractivity contribution in [3.05, 3.63) is 28.2 Å². The monoisotopic (exact) mass is 372 g/mol. The molecule has 0 aliphatic rings. The first-order chi connectivity index (χ1) is 10.2. The molecule has 0 saturated heterocycles. The van der Waals surface area contributed by atoms with Crippen LogP contribution in [0.2, 0.25) is 0 Å². The first-order valence-electron chi connectivity index (χ1n) is 7.24. The average molecular weight is 373 g/mol. The van der Waals surface area contributed by atoms with Gasteiger partial charge >= 0.3 is 6.09 Å². The summed E-state index contributed by atoms with van der Waals surface area (Å²) in [7, 11) is 1.64. The lowest BCUT2D eigenvalue weighted by Crippen LogP contribution is -2.40. The van der Waals surface area contributed by atoms with Gasteiger partial charge in [-0.05, 0) is 61.3 Å². The van der Waals surface area contributed by atoms with E-state index < -0.39 is 11.7 Å². The Kier molecular flexibility index (Phi) is 7.16. The second kappa shape index (κ2) is 8.39. The maximum absolute atomic E-state index is 11.6. The number of alkyl carbamates (subject to hydrolysis) is 1. The van der Waals surface area contributed by atoms with Gasteiger partial charge in [-0.1, -0.05) is 6.07 Å². The van der Waals surface area contributed by atoms with Crippen molar-refractivity contribution in [2.75, 3.05) is 13.7 Å². The van der Waals surface area contributed by atoms with E-state index in [9.17, 15) is 4.79 Å². The summed E-state index contributed by atoms with van der Waals surface area (Å²) in [6.45, 7) is 8.75. The molecule has 0 radical (unpaired) electrons. The number of hydrogen-bond donors (Lipinski definition) is 2. The summed E-state index contributed by atoms with van der Waals surface area (Å²) in [5.74, 6) is 0.809. The zero-order chi connectivity index (χ0) is 16.8. The third-order valence-electron chi connectivity index (χ3n) is 2.82. The Balaban J connectivity index is 2.35. The summed E-state index contributed by atoms with van der Waals surface area (Å²) in [4.78, 5) is 11.6. The Labute approximate surface area is 140 Å². The Morgan fingerprint density at radius 3 is 2.59 bits per heavy atom. The fraction of sp³-hybridized carbons (Fsp3) is 0.562. The lowest BCUT2D eigenvalue weighted by Gasteiger charge is -2.21. The topological polar surface area (TPSA) is 59.6 Å². The second-order valence-corrected chi connectivity index (χ2v) is 6.99. The maximum atomic E-state index is 11.6. The lowest BCUT2D eigenvalue weighted by molar-refractivity contribution is 0.0523. The van der Waals surface area contributed by atoms with Crippen LogP contribution in [0.1, 0.15) is 33.3 Å². The van der Waals surface area contributed by atoms with Crippen LogP contribution < -0.4 is 15.4 Å². The second-order valence-electron chi connectivity index (χ2n) is 6.13. The summed E-state index contributed by atoms with van der Waals surface area (Å²) in [5.41, 5.74) is 0.660. The predicted molar refractivity (Wildman–Crippen MR) is 91.2 cm³/mol. The predicted octanol–water partition coefficient (Wildman–Crippen LogP) is 3.46. The van der Waals surface area contributed by atoms with Gasteiger partial charge in [0.25, 0.3) is 0 Å². The number of amides is 1. The lowest BCUT2D eigenvalue weighted by atomic mass is 10.2. The number of carbonyl (C=O) groups excluding carboxylic acids is 1. The molecule has 2 N–H and O–H groups in total. The van der Waals surface area contributed by atoms with Crippen LogP contribution in [0.4, 0.5) is 4.79 Å². The highest BCUT2D eigenvalue weighted by Crippen LogP contribution is 2.25. The van der Waals surface area contributed by atoms with Crippen molar-refractivity contribution in [1.82, 2.24) is 10.6 Å². The van der Waals surface area contributed by atoms with E-state index in [1.165, 1.54) is 0 Å². The van der Waals surface area contributed by atoms with E-state index in [0.29, 0.717) is 13.1 Å². The normalized spacial score (nSPS) is 12.6. The fourth-order valence-corrected chi connectivity index (χ4v) is 2.32. The molecule has 1 amide bonds. The van der Waals surface area contributed by atoms with E-state index in [0.717, 1.165) is 15.8 Å². The van der Waals surface area contributed by atoms with Crippen LogP contribution in [0.3, 0.4) is 0 Å². The van der Waals surface area contributed by atoms with Crippen LogP contribution in [0.25, 0.3) is 0 Å². The van der Waals surface area contributed by atoms with Crippen LogP contribution in [-0.2, 0) is 11.3 Å². The van der Waals surface area contributed by atoms with Crippen molar-refractivity contribution < 1.29 is 14.3 Å². The van der Waals surface area contributed by atoms with Crippen molar-refractivity contribution in [1.29, 1.82) is 0 Å². The van der Waals surface area contributed by atoms with E-state index in [2.05, 4.69) is 26.6 Å².